The molecule has 0 aromatic rings. The van der Waals surface area contributed by atoms with Crippen LogP contribution in [0.3, 0.4) is 0 Å². The third-order valence-electron chi connectivity index (χ3n) is 10.5. The van der Waals surface area contributed by atoms with Crippen molar-refractivity contribution >= 4 is 23.5 Å². The Hall–Kier alpha value is -2.42. The maximum absolute atomic E-state index is 12.4. The van der Waals surface area contributed by atoms with Crippen LogP contribution in [-0.2, 0) is 19.2 Å². The van der Waals surface area contributed by atoms with Gasteiger partial charge in [0, 0.05) is 0 Å². The second-order valence-electron chi connectivity index (χ2n) is 12.8. The third kappa shape index (κ3) is 6.03. The number of carbonyl (C=O) groups excluding carboxylic acids is 2. The fourth-order valence-electron chi connectivity index (χ4n) is 8.10. The van der Waals surface area contributed by atoms with E-state index >= 15 is 0 Å². The van der Waals surface area contributed by atoms with E-state index in [-0.39, 0.29) is 23.5 Å². The molecule has 2 amide bonds. The summed E-state index contributed by atoms with van der Waals surface area (Å²) in [4.78, 5) is 41.4. The fraction of sp³-hybridized carbons (Fsp3) is 0.800. The minimum Gasteiger partial charge on any atom is -0.480 e. The molecule has 218 valence electrons. The van der Waals surface area contributed by atoms with Gasteiger partial charge in [-0.25, -0.2) is 4.79 Å². The van der Waals surface area contributed by atoms with Crippen molar-refractivity contribution < 1.29 is 29.4 Å². The number of aliphatic carboxylic acids is 1. The van der Waals surface area contributed by atoms with Crippen molar-refractivity contribution in [2.24, 2.45) is 33.7 Å². The molecular formula is C30H47N3O6. The first-order chi connectivity index (χ1) is 18.5. The number of carboxylic acid groups (broad SMARTS) is 1. The van der Waals surface area contributed by atoms with Crippen LogP contribution < -0.4 is 10.6 Å². The minimum atomic E-state index is -1.08. The highest BCUT2D eigenvalue weighted by Gasteiger charge is 2.58. The molecule has 0 bridgehead atoms. The number of carboxylic acids is 1. The molecule has 0 aliphatic heterocycles. The zero-order chi connectivity index (χ0) is 28.4. The van der Waals surface area contributed by atoms with Gasteiger partial charge >= 0.3 is 5.97 Å². The van der Waals surface area contributed by atoms with Crippen LogP contribution in [0, 0.1) is 28.6 Å². The Balaban J connectivity index is 1.28. The fourth-order valence-corrected chi connectivity index (χ4v) is 8.10. The Morgan fingerprint density at radius 1 is 1.10 bits per heavy atom. The van der Waals surface area contributed by atoms with Crippen molar-refractivity contribution in [1.82, 2.24) is 10.6 Å². The largest absolute Gasteiger partial charge is 0.480 e. The number of carbonyl (C=O) groups is 3. The lowest BCUT2D eigenvalue weighted by atomic mass is 9.47. The van der Waals surface area contributed by atoms with Crippen LogP contribution >= 0.6 is 0 Å². The lowest BCUT2D eigenvalue weighted by Crippen LogP contribution is -2.51. The van der Waals surface area contributed by atoms with E-state index in [1.165, 1.54) is 18.9 Å². The Morgan fingerprint density at radius 3 is 2.59 bits per heavy atom. The van der Waals surface area contributed by atoms with Gasteiger partial charge in [-0.3, -0.25) is 9.59 Å². The van der Waals surface area contributed by atoms with Crippen LogP contribution in [0.2, 0.25) is 0 Å². The van der Waals surface area contributed by atoms with Gasteiger partial charge in [0.25, 0.3) is 5.91 Å². The zero-order valence-electron chi connectivity index (χ0n) is 24.0. The van der Waals surface area contributed by atoms with E-state index in [1.54, 1.807) is 0 Å². The lowest BCUT2D eigenvalue weighted by Gasteiger charge is -2.57. The number of aliphatic hydroxyl groups is 1. The van der Waals surface area contributed by atoms with E-state index in [2.05, 4.69) is 35.7 Å². The average Bonchev–Trinajstić information content (AvgIpc) is 3.20. The van der Waals surface area contributed by atoms with E-state index in [0.29, 0.717) is 30.6 Å². The summed E-state index contributed by atoms with van der Waals surface area (Å²) in [5.41, 5.74) is 2.52. The first-order valence-corrected chi connectivity index (χ1v) is 14.9. The molecule has 4 rings (SSSR count). The summed E-state index contributed by atoms with van der Waals surface area (Å²) in [5.74, 6) is -0.166. The molecule has 0 heterocycles. The number of hydrogen-bond donors (Lipinski definition) is 4. The first kappa shape index (κ1) is 29.6. The second-order valence-corrected chi connectivity index (χ2v) is 12.8. The standard InChI is InChI=1S/C30H47N3O6/c1-5-6-7-24(28(37)38)32-27(36)18(2)31-26(35)17-39-33-20-12-14-29(3)19(16-20)8-9-21-22-10-11-25(34)30(22,4)15-13-23(21)29/h16,18,21-25,34H,5-15,17H2,1-4H3,(H,31,35)(H,32,36)(H,37,38)/b33-20-/t18-,21-,22-,23-,24-,25+,29-,30-/m0/s1. The van der Waals surface area contributed by atoms with Gasteiger partial charge in [0.15, 0.2) is 6.61 Å². The molecule has 39 heavy (non-hydrogen) atoms. The number of aliphatic hydroxyl groups excluding tert-OH is 1. The van der Waals surface area contributed by atoms with E-state index < -0.39 is 29.9 Å². The summed E-state index contributed by atoms with van der Waals surface area (Å²) in [6.07, 6.45) is 12.3. The molecule has 9 heteroatoms. The molecule has 0 saturated heterocycles. The van der Waals surface area contributed by atoms with Crippen LogP contribution in [0.5, 0.6) is 0 Å². The number of rotatable bonds is 10. The molecule has 0 radical (unpaired) electrons. The normalized spacial score (nSPS) is 36.0. The summed E-state index contributed by atoms with van der Waals surface area (Å²) in [6.45, 7) is 7.88. The molecule has 4 aliphatic carbocycles. The van der Waals surface area contributed by atoms with E-state index in [9.17, 15) is 24.6 Å². The van der Waals surface area contributed by atoms with Gasteiger partial charge in [-0.2, -0.15) is 0 Å². The Bertz CT molecular complexity index is 1010. The molecule has 0 aromatic carbocycles. The number of hydrogen-bond acceptors (Lipinski definition) is 6. The highest BCUT2D eigenvalue weighted by atomic mass is 16.6. The van der Waals surface area contributed by atoms with Crippen molar-refractivity contribution in [3.63, 3.8) is 0 Å². The van der Waals surface area contributed by atoms with Gasteiger partial charge in [0.05, 0.1) is 11.8 Å². The summed E-state index contributed by atoms with van der Waals surface area (Å²) in [6, 6.07) is -1.86. The molecule has 0 unspecified atom stereocenters. The highest BCUT2D eigenvalue weighted by molar-refractivity contribution is 5.96. The van der Waals surface area contributed by atoms with Crippen LogP contribution in [0.15, 0.2) is 16.8 Å². The number of nitrogens with zero attached hydrogens (tertiary/aromatic N) is 1. The van der Waals surface area contributed by atoms with E-state index in [0.717, 1.165) is 57.1 Å². The average molecular weight is 546 g/mol. The van der Waals surface area contributed by atoms with Gasteiger partial charge in [0.2, 0.25) is 5.91 Å². The third-order valence-corrected chi connectivity index (χ3v) is 10.5. The van der Waals surface area contributed by atoms with Crippen LogP contribution in [0.4, 0.5) is 0 Å². The van der Waals surface area contributed by atoms with Gasteiger partial charge in [0.1, 0.15) is 12.1 Å². The van der Waals surface area contributed by atoms with Gasteiger partial charge in [-0.05, 0) is 99.4 Å². The zero-order valence-corrected chi connectivity index (χ0v) is 24.0. The first-order valence-electron chi connectivity index (χ1n) is 14.9. The predicted molar refractivity (Wildman–Crippen MR) is 148 cm³/mol. The number of fused-ring (bicyclic) bond motifs is 5. The summed E-state index contributed by atoms with van der Waals surface area (Å²) < 4.78 is 0. The monoisotopic (exact) mass is 545 g/mol. The number of nitrogens with one attached hydrogen (secondary N) is 2. The molecule has 3 fully saturated rings. The van der Waals surface area contributed by atoms with Gasteiger partial charge in [-0.1, -0.05) is 44.3 Å². The van der Waals surface area contributed by atoms with Crippen molar-refractivity contribution in [3.8, 4) is 0 Å². The summed E-state index contributed by atoms with van der Waals surface area (Å²) in [7, 11) is 0. The lowest BCUT2D eigenvalue weighted by molar-refractivity contribution is -0.142. The molecule has 9 nitrogen and oxygen atoms in total. The second kappa shape index (κ2) is 12.0. The quantitative estimate of drug-likeness (QED) is 0.307. The molecule has 0 spiro atoms. The number of unbranched alkanes of at least 4 members (excludes halogenated alkanes) is 1. The molecular weight excluding hydrogens is 498 g/mol. The maximum atomic E-state index is 12.4. The van der Waals surface area contributed by atoms with Crippen molar-refractivity contribution in [3.05, 3.63) is 11.6 Å². The van der Waals surface area contributed by atoms with Crippen LogP contribution in [-0.4, -0.2) is 58.5 Å². The Kier molecular flexibility index (Phi) is 9.08. The number of amides is 2. The topological polar surface area (TPSA) is 137 Å². The van der Waals surface area contributed by atoms with Crippen molar-refractivity contribution in [1.29, 1.82) is 0 Å². The van der Waals surface area contributed by atoms with E-state index in [1.807, 2.05) is 6.92 Å². The maximum Gasteiger partial charge on any atom is 0.326 e. The smallest absolute Gasteiger partial charge is 0.326 e. The molecule has 0 aromatic heterocycles. The van der Waals surface area contributed by atoms with Crippen LogP contribution in [0.1, 0.15) is 98.3 Å². The van der Waals surface area contributed by atoms with Crippen molar-refractivity contribution in [2.75, 3.05) is 6.61 Å². The molecule has 4 N–H and O–H groups in total. The van der Waals surface area contributed by atoms with E-state index in [4.69, 9.17) is 4.84 Å². The summed E-state index contributed by atoms with van der Waals surface area (Å²) in [5, 5.41) is 29.3. The SMILES string of the molecule is CCCC[C@H](NC(=O)[C@H](C)NC(=O)CO/N=C1\C=C2CC[C@H]3[C@@H]4CC[C@@H](O)[C@@]4(C)CC[C@@H]3[C@@]2(C)CC1)C(=O)O. The highest BCUT2D eigenvalue weighted by Crippen LogP contribution is 2.65. The van der Waals surface area contributed by atoms with Gasteiger partial charge < -0.3 is 25.7 Å². The Labute approximate surface area is 232 Å². The van der Waals surface area contributed by atoms with Gasteiger partial charge in [-0.15, -0.1) is 0 Å². The summed E-state index contributed by atoms with van der Waals surface area (Å²) >= 11 is 0. The van der Waals surface area contributed by atoms with Crippen molar-refractivity contribution in [2.45, 2.75) is 117 Å². The predicted octanol–water partition coefficient (Wildman–Crippen LogP) is 3.95. The van der Waals surface area contributed by atoms with Crippen LogP contribution in [0.25, 0.3) is 0 Å². The number of oxime groups is 1. The molecule has 3 saturated carbocycles. The minimum absolute atomic E-state index is 0.0830. The molecule has 8 atom stereocenters. The molecule has 4 aliphatic rings. The number of allylic oxidation sites excluding steroid dienone is 2. The Morgan fingerprint density at radius 2 is 1.87 bits per heavy atom.